The Morgan fingerprint density at radius 1 is 1.05 bits per heavy atom. The molecule has 0 bridgehead atoms. The lowest BCUT2D eigenvalue weighted by atomic mass is 10.3. The van der Waals surface area contributed by atoms with Gasteiger partial charge in [-0.1, -0.05) is 12.1 Å². The van der Waals surface area contributed by atoms with Gasteiger partial charge >= 0.3 is 0 Å². The second kappa shape index (κ2) is 4.68. The Labute approximate surface area is 120 Å². The summed E-state index contributed by atoms with van der Waals surface area (Å²) in [6.07, 6.45) is 6.05. The fraction of sp³-hybridized carbons (Fsp3) is 0.133. The van der Waals surface area contributed by atoms with Gasteiger partial charge in [-0.15, -0.1) is 0 Å². The maximum atomic E-state index is 5.73. The first-order valence-corrected chi connectivity index (χ1v) is 6.83. The highest BCUT2D eigenvalue weighted by Crippen LogP contribution is 2.23. The van der Waals surface area contributed by atoms with Gasteiger partial charge in [-0.25, -0.2) is 14.5 Å². The second-order valence-electron chi connectivity index (χ2n) is 4.80. The van der Waals surface area contributed by atoms with Gasteiger partial charge in [-0.3, -0.25) is 4.57 Å². The number of rotatable bonds is 3. The molecule has 0 saturated carbocycles. The summed E-state index contributed by atoms with van der Waals surface area (Å²) in [4.78, 5) is 9.22. The molecular formula is C15H14N6. The summed E-state index contributed by atoms with van der Waals surface area (Å²) >= 11 is 0. The number of hydrogen-bond donors (Lipinski definition) is 1. The second-order valence-corrected chi connectivity index (χ2v) is 4.80. The normalized spacial score (nSPS) is 11.5. The molecule has 0 aliphatic carbocycles. The lowest BCUT2D eigenvalue weighted by molar-refractivity contribution is 0.828. The summed E-state index contributed by atoms with van der Waals surface area (Å²) in [5.74, 6) is 1.74. The molecule has 4 aromatic rings. The molecule has 1 aromatic carbocycles. The summed E-state index contributed by atoms with van der Waals surface area (Å²) < 4.78 is 3.88. The van der Waals surface area contributed by atoms with E-state index >= 15 is 0 Å². The van der Waals surface area contributed by atoms with E-state index in [2.05, 4.69) is 19.6 Å². The van der Waals surface area contributed by atoms with Gasteiger partial charge in [0.05, 0.1) is 17.2 Å². The third kappa shape index (κ3) is 1.80. The molecular weight excluding hydrogens is 264 g/mol. The van der Waals surface area contributed by atoms with Crippen molar-refractivity contribution in [3.05, 3.63) is 54.7 Å². The average Bonchev–Trinajstić information content (AvgIpc) is 3.11. The van der Waals surface area contributed by atoms with Crippen LogP contribution in [0.1, 0.15) is 5.82 Å². The fourth-order valence-electron chi connectivity index (χ4n) is 2.62. The number of para-hydroxylation sites is 2. The Bertz CT molecular complexity index is 920. The number of benzene rings is 1. The number of nitrogens with two attached hydrogens (primary N) is 1. The SMILES string of the molecule is NCCc1nc2ccccc2n1-c1nccn2nccc12. The van der Waals surface area contributed by atoms with Crippen LogP contribution in [0.15, 0.2) is 48.9 Å². The summed E-state index contributed by atoms with van der Waals surface area (Å²) in [7, 11) is 0. The molecule has 6 heteroatoms. The van der Waals surface area contributed by atoms with Crippen molar-refractivity contribution >= 4 is 16.6 Å². The first-order chi connectivity index (χ1) is 10.4. The third-order valence-corrected chi connectivity index (χ3v) is 3.51. The zero-order chi connectivity index (χ0) is 14.2. The molecule has 0 amide bonds. The van der Waals surface area contributed by atoms with Crippen molar-refractivity contribution in [3.8, 4) is 5.82 Å². The highest BCUT2D eigenvalue weighted by molar-refractivity contribution is 5.80. The van der Waals surface area contributed by atoms with Crippen LogP contribution in [-0.2, 0) is 6.42 Å². The molecule has 0 radical (unpaired) electrons. The van der Waals surface area contributed by atoms with Crippen LogP contribution in [0.4, 0.5) is 0 Å². The van der Waals surface area contributed by atoms with E-state index in [0.717, 1.165) is 28.2 Å². The summed E-state index contributed by atoms with van der Waals surface area (Å²) in [6.45, 7) is 0.547. The van der Waals surface area contributed by atoms with Crippen molar-refractivity contribution in [1.82, 2.24) is 24.1 Å². The van der Waals surface area contributed by atoms with E-state index in [0.29, 0.717) is 13.0 Å². The molecule has 0 spiro atoms. The highest BCUT2D eigenvalue weighted by Gasteiger charge is 2.15. The molecule has 21 heavy (non-hydrogen) atoms. The molecule has 3 aromatic heterocycles. The van der Waals surface area contributed by atoms with E-state index in [4.69, 9.17) is 5.73 Å². The summed E-state index contributed by atoms with van der Waals surface area (Å²) in [6, 6.07) is 9.98. The van der Waals surface area contributed by atoms with Gasteiger partial charge in [-0.2, -0.15) is 5.10 Å². The molecule has 0 saturated heterocycles. The summed E-state index contributed by atoms with van der Waals surface area (Å²) in [5.41, 5.74) is 8.65. The van der Waals surface area contributed by atoms with Gasteiger partial charge in [0.1, 0.15) is 11.3 Å². The lowest BCUT2D eigenvalue weighted by Gasteiger charge is -2.09. The van der Waals surface area contributed by atoms with Crippen molar-refractivity contribution in [1.29, 1.82) is 0 Å². The minimum Gasteiger partial charge on any atom is -0.330 e. The maximum Gasteiger partial charge on any atom is 0.164 e. The van der Waals surface area contributed by atoms with Crippen LogP contribution in [0.5, 0.6) is 0 Å². The molecule has 0 atom stereocenters. The zero-order valence-corrected chi connectivity index (χ0v) is 11.3. The van der Waals surface area contributed by atoms with Crippen LogP contribution in [0.2, 0.25) is 0 Å². The van der Waals surface area contributed by atoms with E-state index in [1.54, 1.807) is 12.4 Å². The third-order valence-electron chi connectivity index (χ3n) is 3.51. The van der Waals surface area contributed by atoms with E-state index in [9.17, 15) is 0 Å². The molecule has 4 rings (SSSR count). The van der Waals surface area contributed by atoms with Crippen molar-refractivity contribution in [2.45, 2.75) is 6.42 Å². The van der Waals surface area contributed by atoms with Crippen LogP contribution in [0.25, 0.3) is 22.4 Å². The smallest absolute Gasteiger partial charge is 0.164 e. The maximum absolute atomic E-state index is 5.73. The van der Waals surface area contributed by atoms with Gasteiger partial charge in [-0.05, 0) is 24.7 Å². The average molecular weight is 278 g/mol. The van der Waals surface area contributed by atoms with Crippen LogP contribution >= 0.6 is 0 Å². The monoisotopic (exact) mass is 278 g/mol. The van der Waals surface area contributed by atoms with Gasteiger partial charge in [0, 0.05) is 18.8 Å². The standard InChI is InChI=1S/C15H14N6/c16-7-5-14-19-11-3-1-2-4-12(11)21(14)15-13-6-8-18-20(13)10-9-17-15/h1-4,6,8-10H,5,7,16H2. The lowest BCUT2D eigenvalue weighted by Crippen LogP contribution is -2.10. The minimum atomic E-state index is 0.547. The van der Waals surface area contributed by atoms with Gasteiger partial charge < -0.3 is 5.73 Å². The molecule has 0 fully saturated rings. The highest BCUT2D eigenvalue weighted by atomic mass is 15.2. The predicted molar refractivity (Wildman–Crippen MR) is 80.4 cm³/mol. The first kappa shape index (κ1) is 12.0. The molecule has 0 aliphatic rings. The van der Waals surface area contributed by atoms with Crippen molar-refractivity contribution in [3.63, 3.8) is 0 Å². The number of imidazole rings is 1. The zero-order valence-electron chi connectivity index (χ0n) is 11.3. The molecule has 104 valence electrons. The molecule has 0 unspecified atom stereocenters. The van der Waals surface area contributed by atoms with Crippen LogP contribution < -0.4 is 5.73 Å². The van der Waals surface area contributed by atoms with E-state index in [1.165, 1.54) is 0 Å². The molecule has 2 N–H and O–H groups in total. The van der Waals surface area contributed by atoms with E-state index in [1.807, 2.05) is 41.0 Å². The first-order valence-electron chi connectivity index (χ1n) is 6.83. The Hall–Kier alpha value is -2.73. The van der Waals surface area contributed by atoms with E-state index in [-0.39, 0.29) is 0 Å². The van der Waals surface area contributed by atoms with Crippen LogP contribution in [-0.4, -0.2) is 30.7 Å². The van der Waals surface area contributed by atoms with Crippen LogP contribution in [0.3, 0.4) is 0 Å². The van der Waals surface area contributed by atoms with Crippen LogP contribution in [0, 0.1) is 0 Å². The van der Waals surface area contributed by atoms with Crippen molar-refractivity contribution < 1.29 is 0 Å². The number of aromatic nitrogens is 5. The molecule has 0 aliphatic heterocycles. The van der Waals surface area contributed by atoms with Crippen molar-refractivity contribution in [2.24, 2.45) is 5.73 Å². The summed E-state index contributed by atoms with van der Waals surface area (Å²) in [5, 5.41) is 4.26. The predicted octanol–water partition coefficient (Wildman–Crippen LogP) is 1.57. The topological polar surface area (TPSA) is 74.0 Å². The number of hydrogen-bond acceptors (Lipinski definition) is 4. The quantitative estimate of drug-likeness (QED) is 0.617. The minimum absolute atomic E-state index is 0.547. The Balaban J connectivity index is 2.09. The Kier molecular flexibility index (Phi) is 2.68. The van der Waals surface area contributed by atoms with Gasteiger partial charge in [0.15, 0.2) is 5.82 Å². The Morgan fingerprint density at radius 3 is 2.86 bits per heavy atom. The fourth-order valence-corrected chi connectivity index (χ4v) is 2.62. The molecule has 3 heterocycles. The molecule has 6 nitrogen and oxygen atoms in total. The Morgan fingerprint density at radius 2 is 1.95 bits per heavy atom. The number of fused-ring (bicyclic) bond motifs is 2. The van der Waals surface area contributed by atoms with Gasteiger partial charge in [0.2, 0.25) is 0 Å². The van der Waals surface area contributed by atoms with Gasteiger partial charge in [0.25, 0.3) is 0 Å². The van der Waals surface area contributed by atoms with Crippen molar-refractivity contribution in [2.75, 3.05) is 6.54 Å². The number of nitrogens with zero attached hydrogens (tertiary/aromatic N) is 5. The van der Waals surface area contributed by atoms with E-state index < -0.39 is 0 Å². The largest absolute Gasteiger partial charge is 0.330 e.